The van der Waals surface area contributed by atoms with Gasteiger partial charge in [0, 0.05) is 11.6 Å². The molecule has 1 fully saturated rings. The Morgan fingerprint density at radius 1 is 1.27 bits per heavy atom. The second-order valence-corrected chi connectivity index (χ2v) is 8.15. The summed E-state index contributed by atoms with van der Waals surface area (Å²) in [5, 5.41) is 11.1. The molecule has 2 heterocycles. The van der Waals surface area contributed by atoms with E-state index in [2.05, 4.69) is 11.0 Å². The molecule has 1 aliphatic heterocycles. The summed E-state index contributed by atoms with van der Waals surface area (Å²) in [5.41, 5.74) is 2.04. The molecule has 4 nitrogen and oxygen atoms in total. The second-order valence-electron chi connectivity index (χ2n) is 6.65. The highest BCUT2D eigenvalue weighted by Crippen LogP contribution is 2.37. The summed E-state index contributed by atoms with van der Waals surface area (Å²) in [7, 11) is 0. The van der Waals surface area contributed by atoms with Gasteiger partial charge in [-0.05, 0) is 49.2 Å². The molecule has 4 rings (SSSR count). The lowest BCUT2D eigenvalue weighted by Crippen LogP contribution is -2.41. The number of carbonyl (C=O) groups is 1. The molecule has 0 bridgehead atoms. The standard InChI is InChI=1S/C20H19ClN2O2S/c21-15-7-3-5-13(11-15)18(23-10-4-6-14(12-23)20(24)25)19-22-16-8-1-2-9-17(16)26-19/h1-3,5,7-9,11,14,18H,4,6,10,12H2,(H,24,25). The number of carboxylic acid groups (broad SMARTS) is 1. The number of carboxylic acids is 1. The number of piperidine rings is 1. The highest BCUT2D eigenvalue weighted by atomic mass is 35.5. The van der Waals surface area contributed by atoms with Gasteiger partial charge in [0.1, 0.15) is 5.01 Å². The van der Waals surface area contributed by atoms with Crippen LogP contribution < -0.4 is 0 Å². The molecular weight excluding hydrogens is 368 g/mol. The number of thiazole rings is 1. The van der Waals surface area contributed by atoms with Gasteiger partial charge in [-0.25, -0.2) is 4.98 Å². The monoisotopic (exact) mass is 386 g/mol. The van der Waals surface area contributed by atoms with Crippen molar-refractivity contribution in [3.8, 4) is 0 Å². The van der Waals surface area contributed by atoms with E-state index in [0.29, 0.717) is 11.6 Å². The average molecular weight is 387 g/mol. The lowest BCUT2D eigenvalue weighted by Gasteiger charge is -2.36. The molecule has 1 saturated heterocycles. The third-order valence-corrected chi connectivity index (χ3v) is 6.20. The van der Waals surface area contributed by atoms with E-state index in [1.165, 1.54) is 0 Å². The van der Waals surface area contributed by atoms with Crippen LogP contribution in [0.1, 0.15) is 29.5 Å². The summed E-state index contributed by atoms with van der Waals surface area (Å²) < 4.78 is 1.14. The van der Waals surface area contributed by atoms with Crippen molar-refractivity contribution >= 4 is 39.1 Å². The number of fused-ring (bicyclic) bond motifs is 1. The van der Waals surface area contributed by atoms with Gasteiger partial charge in [0.2, 0.25) is 0 Å². The molecule has 1 N–H and O–H groups in total. The number of halogens is 1. The predicted octanol–water partition coefficient (Wildman–Crippen LogP) is 4.84. The third-order valence-electron chi connectivity index (χ3n) is 4.88. The van der Waals surface area contributed by atoms with Crippen LogP contribution in [0.4, 0.5) is 0 Å². The van der Waals surface area contributed by atoms with Crippen molar-refractivity contribution in [2.75, 3.05) is 13.1 Å². The quantitative estimate of drug-likeness (QED) is 0.697. The highest BCUT2D eigenvalue weighted by Gasteiger charge is 2.32. The molecule has 0 amide bonds. The highest BCUT2D eigenvalue weighted by molar-refractivity contribution is 7.18. The van der Waals surface area contributed by atoms with Crippen LogP contribution in [0.3, 0.4) is 0 Å². The third kappa shape index (κ3) is 3.47. The Bertz CT molecular complexity index is 909. The van der Waals surface area contributed by atoms with Crippen LogP contribution in [-0.2, 0) is 4.79 Å². The fourth-order valence-corrected chi connectivity index (χ4v) is 4.97. The lowest BCUT2D eigenvalue weighted by molar-refractivity contribution is -0.143. The molecule has 2 unspecified atom stereocenters. The zero-order valence-electron chi connectivity index (χ0n) is 14.1. The molecule has 1 aliphatic rings. The van der Waals surface area contributed by atoms with E-state index >= 15 is 0 Å². The topological polar surface area (TPSA) is 53.4 Å². The molecule has 134 valence electrons. The first-order chi connectivity index (χ1) is 12.6. The van der Waals surface area contributed by atoms with Crippen molar-refractivity contribution in [2.45, 2.75) is 18.9 Å². The number of nitrogens with zero attached hydrogens (tertiary/aromatic N) is 2. The summed E-state index contributed by atoms with van der Waals surface area (Å²) in [4.78, 5) is 18.6. The van der Waals surface area contributed by atoms with Gasteiger partial charge in [0.25, 0.3) is 0 Å². The first kappa shape index (κ1) is 17.5. The lowest BCUT2D eigenvalue weighted by atomic mass is 9.95. The Labute approximate surface area is 161 Å². The Morgan fingerprint density at radius 2 is 2.12 bits per heavy atom. The molecular formula is C20H19ClN2O2S. The van der Waals surface area contributed by atoms with E-state index in [0.717, 1.165) is 40.2 Å². The smallest absolute Gasteiger partial charge is 0.307 e. The number of likely N-dealkylation sites (tertiary alicyclic amines) is 1. The summed E-state index contributed by atoms with van der Waals surface area (Å²) in [6.07, 6.45) is 1.60. The van der Waals surface area contributed by atoms with Crippen LogP contribution in [0, 0.1) is 5.92 Å². The number of aromatic nitrogens is 1. The molecule has 0 aliphatic carbocycles. The SMILES string of the molecule is O=C(O)C1CCCN(C(c2cccc(Cl)c2)c2nc3ccccc3s2)C1. The zero-order chi connectivity index (χ0) is 18.1. The van der Waals surface area contributed by atoms with Gasteiger partial charge in [-0.15, -0.1) is 11.3 Å². The number of benzene rings is 2. The molecule has 3 aromatic rings. The van der Waals surface area contributed by atoms with Gasteiger partial charge in [-0.3, -0.25) is 9.69 Å². The minimum absolute atomic E-state index is 0.0757. The Kier molecular flexibility index (Phi) is 4.94. The van der Waals surface area contributed by atoms with Crippen molar-refractivity contribution in [3.63, 3.8) is 0 Å². The Morgan fingerprint density at radius 3 is 2.88 bits per heavy atom. The van der Waals surface area contributed by atoms with E-state index in [1.807, 2.05) is 42.5 Å². The summed E-state index contributed by atoms with van der Waals surface area (Å²) >= 11 is 7.91. The summed E-state index contributed by atoms with van der Waals surface area (Å²) in [6.45, 7) is 1.39. The molecule has 26 heavy (non-hydrogen) atoms. The minimum Gasteiger partial charge on any atom is -0.481 e. The van der Waals surface area contributed by atoms with Crippen LogP contribution >= 0.6 is 22.9 Å². The van der Waals surface area contributed by atoms with Gasteiger partial charge < -0.3 is 5.11 Å². The van der Waals surface area contributed by atoms with Crippen molar-refractivity contribution in [1.82, 2.24) is 9.88 Å². The number of para-hydroxylation sites is 1. The summed E-state index contributed by atoms with van der Waals surface area (Å²) in [5.74, 6) is -1.05. The van der Waals surface area contributed by atoms with E-state index in [4.69, 9.17) is 16.6 Å². The Hall–Kier alpha value is -1.95. The van der Waals surface area contributed by atoms with Gasteiger partial charge in [-0.2, -0.15) is 0 Å². The second kappa shape index (κ2) is 7.35. The molecule has 0 radical (unpaired) electrons. The van der Waals surface area contributed by atoms with E-state index in [9.17, 15) is 9.90 Å². The first-order valence-electron chi connectivity index (χ1n) is 8.69. The largest absolute Gasteiger partial charge is 0.481 e. The van der Waals surface area contributed by atoms with Crippen molar-refractivity contribution in [1.29, 1.82) is 0 Å². The van der Waals surface area contributed by atoms with Crippen LogP contribution in [0.15, 0.2) is 48.5 Å². The molecule has 2 atom stereocenters. The molecule has 1 aromatic heterocycles. The number of aliphatic carboxylic acids is 1. The van der Waals surface area contributed by atoms with Crippen molar-refractivity contribution in [3.05, 3.63) is 64.1 Å². The van der Waals surface area contributed by atoms with Gasteiger partial charge in [0.15, 0.2) is 0 Å². The first-order valence-corrected chi connectivity index (χ1v) is 9.89. The van der Waals surface area contributed by atoms with Crippen molar-refractivity contribution in [2.24, 2.45) is 5.92 Å². The maximum absolute atomic E-state index is 11.5. The molecule has 2 aromatic carbocycles. The minimum atomic E-state index is -0.719. The summed E-state index contributed by atoms with van der Waals surface area (Å²) in [6, 6.07) is 15.8. The fraction of sp³-hybridized carbons (Fsp3) is 0.300. The van der Waals surface area contributed by atoms with E-state index in [-0.39, 0.29) is 12.0 Å². The number of hydrogen-bond acceptors (Lipinski definition) is 4. The number of rotatable bonds is 4. The van der Waals surface area contributed by atoms with Crippen LogP contribution in [-0.4, -0.2) is 34.0 Å². The molecule has 0 saturated carbocycles. The zero-order valence-corrected chi connectivity index (χ0v) is 15.7. The van der Waals surface area contributed by atoms with E-state index in [1.54, 1.807) is 11.3 Å². The van der Waals surface area contributed by atoms with Crippen molar-refractivity contribution < 1.29 is 9.90 Å². The fourth-order valence-electron chi connectivity index (χ4n) is 3.64. The maximum atomic E-state index is 11.5. The number of hydrogen-bond donors (Lipinski definition) is 1. The maximum Gasteiger partial charge on any atom is 0.307 e. The average Bonchev–Trinajstić information content (AvgIpc) is 3.05. The van der Waals surface area contributed by atoms with Gasteiger partial charge in [0.05, 0.1) is 22.2 Å². The Balaban J connectivity index is 1.77. The van der Waals surface area contributed by atoms with Gasteiger partial charge >= 0.3 is 5.97 Å². The molecule has 6 heteroatoms. The predicted molar refractivity (Wildman–Crippen MR) is 105 cm³/mol. The van der Waals surface area contributed by atoms with E-state index < -0.39 is 5.97 Å². The molecule has 0 spiro atoms. The van der Waals surface area contributed by atoms with Crippen LogP contribution in [0.25, 0.3) is 10.2 Å². The van der Waals surface area contributed by atoms with Gasteiger partial charge in [-0.1, -0.05) is 35.9 Å². The normalized spacial score (nSPS) is 19.5. The van der Waals surface area contributed by atoms with Crippen LogP contribution in [0.2, 0.25) is 5.02 Å². The van der Waals surface area contributed by atoms with Crippen LogP contribution in [0.5, 0.6) is 0 Å².